The van der Waals surface area contributed by atoms with Gasteiger partial charge >= 0.3 is 6.18 Å². The Morgan fingerprint density at radius 3 is 2.65 bits per heavy atom. The summed E-state index contributed by atoms with van der Waals surface area (Å²) >= 11 is 7.59. The van der Waals surface area contributed by atoms with Gasteiger partial charge in [-0.05, 0) is 35.8 Å². The van der Waals surface area contributed by atoms with Crippen molar-refractivity contribution in [1.29, 1.82) is 0 Å². The molecule has 0 atom stereocenters. The summed E-state index contributed by atoms with van der Waals surface area (Å²) < 4.78 is 39.1. The van der Waals surface area contributed by atoms with Gasteiger partial charge in [0.25, 0.3) is 5.91 Å². The molecule has 2 aromatic carbocycles. The maximum Gasteiger partial charge on any atom is 0.416 e. The topological polar surface area (TPSA) is 62.3 Å². The number of thioether (sulfide) groups is 1. The zero-order valence-corrected chi connectivity index (χ0v) is 21.9. The molecular weight excluding hydrogens is 540 g/mol. The lowest BCUT2D eigenvalue weighted by Crippen LogP contribution is -2.36. The van der Waals surface area contributed by atoms with E-state index in [2.05, 4.69) is 10.3 Å². The Morgan fingerprint density at radius 2 is 1.92 bits per heavy atom. The summed E-state index contributed by atoms with van der Waals surface area (Å²) in [5.74, 6) is -0.829. The third-order valence-corrected chi connectivity index (χ3v) is 7.45. The first-order chi connectivity index (χ1) is 17.6. The van der Waals surface area contributed by atoms with E-state index in [0.717, 1.165) is 46.4 Å². The first-order valence-electron chi connectivity index (χ1n) is 11.0. The van der Waals surface area contributed by atoms with Gasteiger partial charge in [-0.25, -0.2) is 4.98 Å². The zero-order valence-electron chi connectivity index (χ0n) is 19.4. The molecular formula is C26H20F3N3O2S3. The van der Waals surface area contributed by atoms with Gasteiger partial charge in [-0.3, -0.25) is 14.5 Å². The second-order valence-corrected chi connectivity index (χ2v) is 10.9. The number of allylic oxidation sites excluding steroid dienone is 2. The fourth-order valence-corrected chi connectivity index (χ4v) is 5.67. The van der Waals surface area contributed by atoms with Crippen LogP contribution in [-0.2, 0) is 22.2 Å². The number of amides is 2. The second-order valence-electron chi connectivity index (χ2n) is 8.12. The average Bonchev–Trinajstić information content (AvgIpc) is 3.38. The Morgan fingerprint density at radius 1 is 1.16 bits per heavy atom. The lowest BCUT2D eigenvalue weighted by Gasteiger charge is -2.13. The molecule has 1 aliphatic heterocycles. The summed E-state index contributed by atoms with van der Waals surface area (Å²) in [6.07, 6.45) is 1.02. The van der Waals surface area contributed by atoms with Gasteiger partial charge in [0.1, 0.15) is 10.9 Å². The molecule has 0 bridgehead atoms. The smallest absolute Gasteiger partial charge is 0.300 e. The molecule has 1 saturated heterocycles. The highest BCUT2D eigenvalue weighted by Crippen LogP contribution is 2.33. The summed E-state index contributed by atoms with van der Waals surface area (Å²) in [5.41, 5.74) is 1.64. The predicted molar refractivity (Wildman–Crippen MR) is 145 cm³/mol. The van der Waals surface area contributed by atoms with Gasteiger partial charge in [-0.1, -0.05) is 78.6 Å². The fraction of sp³-hybridized carbons (Fsp3) is 0.154. The number of carbonyl (C=O) groups excluding carboxylic acids is 2. The molecule has 1 aromatic heterocycles. The molecule has 4 rings (SSSR count). The fourth-order valence-electron chi connectivity index (χ4n) is 3.51. The minimum atomic E-state index is -4.42. The van der Waals surface area contributed by atoms with E-state index in [0.29, 0.717) is 15.3 Å². The summed E-state index contributed by atoms with van der Waals surface area (Å²) in [6.45, 7) is 1.61. The van der Waals surface area contributed by atoms with Crippen molar-refractivity contribution in [1.82, 2.24) is 9.88 Å². The molecule has 2 heterocycles. The lowest BCUT2D eigenvalue weighted by molar-refractivity contribution is -0.137. The van der Waals surface area contributed by atoms with E-state index < -0.39 is 17.6 Å². The van der Waals surface area contributed by atoms with Gasteiger partial charge < -0.3 is 5.32 Å². The Hall–Kier alpha value is -3.28. The van der Waals surface area contributed by atoms with Crippen LogP contribution in [0.1, 0.15) is 28.5 Å². The monoisotopic (exact) mass is 559 g/mol. The third-order valence-electron chi connectivity index (χ3n) is 5.16. The molecule has 5 nitrogen and oxygen atoms in total. The third kappa shape index (κ3) is 7.15. The van der Waals surface area contributed by atoms with Crippen LogP contribution >= 0.6 is 35.3 Å². The second kappa shape index (κ2) is 11.4. The minimum Gasteiger partial charge on any atom is -0.300 e. The Bertz CT molecular complexity index is 1400. The maximum atomic E-state index is 12.9. The van der Waals surface area contributed by atoms with Gasteiger partial charge in [-0.2, -0.15) is 13.2 Å². The number of rotatable bonds is 7. The Kier molecular flexibility index (Phi) is 8.25. The van der Waals surface area contributed by atoms with E-state index in [1.807, 2.05) is 43.3 Å². The number of benzene rings is 2. The van der Waals surface area contributed by atoms with E-state index >= 15 is 0 Å². The number of thiazole rings is 1. The van der Waals surface area contributed by atoms with E-state index in [-0.39, 0.29) is 28.3 Å². The highest BCUT2D eigenvalue weighted by molar-refractivity contribution is 8.26. The largest absolute Gasteiger partial charge is 0.416 e. The number of hydrogen-bond donors (Lipinski definition) is 1. The van der Waals surface area contributed by atoms with Crippen LogP contribution in [0.2, 0.25) is 0 Å². The molecule has 190 valence electrons. The predicted octanol–water partition coefficient (Wildman–Crippen LogP) is 6.54. The first-order valence-corrected chi connectivity index (χ1v) is 13.0. The van der Waals surface area contributed by atoms with E-state index in [4.69, 9.17) is 12.2 Å². The number of nitrogens with zero attached hydrogens (tertiary/aromatic N) is 2. The van der Waals surface area contributed by atoms with Gasteiger partial charge in [0.2, 0.25) is 5.91 Å². The van der Waals surface area contributed by atoms with Crippen LogP contribution < -0.4 is 5.32 Å². The van der Waals surface area contributed by atoms with Gasteiger partial charge in [0.15, 0.2) is 5.13 Å². The number of carbonyl (C=O) groups is 2. The average molecular weight is 560 g/mol. The maximum absolute atomic E-state index is 12.9. The summed E-state index contributed by atoms with van der Waals surface area (Å²) in [6, 6.07) is 14.8. The van der Waals surface area contributed by atoms with Crippen molar-refractivity contribution in [3.8, 4) is 0 Å². The zero-order chi connectivity index (χ0) is 26.6. The van der Waals surface area contributed by atoms with Crippen molar-refractivity contribution < 1.29 is 22.8 Å². The normalized spacial score (nSPS) is 15.5. The van der Waals surface area contributed by atoms with Crippen molar-refractivity contribution >= 4 is 62.7 Å². The van der Waals surface area contributed by atoms with Crippen molar-refractivity contribution in [2.75, 3.05) is 11.9 Å². The van der Waals surface area contributed by atoms with Crippen LogP contribution in [0.25, 0.3) is 6.08 Å². The summed E-state index contributed by atoms with van der Waals surface area (Å²) in [5, 5.41) is 2.92. The molecule has 0 saturated carbocycles. The van der Waals surface area contributed by atoms with E-state index in [1.54, 1.807) is 12.1 Å². The number of anilines is 1. The number of halogens is 3. The molecule has 1 N–H and O–H groups in total. The number of alkyl halides is 3. The lowest BCUT2D eigenvalue weighted by atomic mass is 10.1. The van der Waals surface area contributed by atoms with Crippen molar-refractivity contribution in [2.45, 2.75) is 19.5 Å². The Balaban J connectivity index is 1.36. The molecule has 1 aliphatic rings. The van der Waals surface area contributed by atoms with Crippen LogP contribution in [0.3, 0.4) is 0 Å². The van der Waals surface area contributed by atoms with Crippen molar-refractivity contribution in [2.24, 2.45) is 0 Å². The van der Waals surface area contributed by atoms with Crippen LogP contribution in [0, 0.1) is 0 Å². The van der Waals surface area contributed by atoms with Gasteiger partial charge in [0, 0.05) is 17.5 Å². The van der Waals surface area contributed by atoms with Gasteiger partial charge in [0.05, 0.1) is 10.5 Å². The molecule has 0 radical (unpaired) electrons. The molecule has 0 unspecified atom stereocenters. The standard InChI is InChI=1S/C26H20F3N3O2S3/c1-16(10-17-6-3-2-4-7-17)11-21-23(34)32(25(35)37-21)15-22(33)31-24-30-14-20(36-24)13-18-8-5-9-19(12-18)26(27,28)29/h2-12,14H,13,15H2,1H3,(H,30,31,33). The molecule has 0 aliphatic carbocycles. The van der Waals surface area contributed by atoms with Crippen LogP contribution in [0.5, 0.6) is 0 Å². The summed E-state index contributed by atoms with van der Waals surface area (Å²) in [4.78, 5) is 31.9. The van der Waals surface area contributed by atoms with Gasteiger partial charge in [-0.15, -0.1) is 11.3 Å². The highest BCUT2D eigenvalue weighted by Gasteiger charge is 2.33. The Labute approximate surface area is 225 Å². The molecule has 11 heteroatoms. The van der Waals surface area contributed by atoms with Crippen LogP contribution in [-0.4, -0.2) is 32.6 Å². The highest BCUT2D eigenvalue weighted by atomic mass is 32.2. The number of nitrogens with one attached hydrogen (secondary N) is 1. The molecule has 1 fully saturated rings. The molecule has 37 heavy (non-hydrogen) atoms. The van der Waals surface area contributed by atoms with E-state index in [1.165, 1.54) is 17.2 Å². The molecule has 2 amide bonds. The SMILES string of the molecule is CC(=Cc1ccccc1)C=C1SC(=S)N(CC(=O)Nc2ncc(Cc3cccc(C(F)(F)F)c3)s2)C1=O. The quantitative estimate of drug-likeness (QED) is 0.263. The van der Waals surface area contributed by atoms with Crippen LogP contribution in [0.15, 0.2) is 77.3 Å². The van der Waals surface area contributed by atoms with Crippen molar-refractivity contribution in [3.05, 3.63) is 98.9 Å². The number of thiocarbonyl (C=S) groups is 1. The number of aromatic nitrogens is 1. The minimum absolute atomic E-state index is 0.243. The first kappa shape index (κ1) is 26.8. The summed E-state index contributed by atoms with van der Waals surface area (Å²) in [7, 11) is 0. The molecule has 0 spiro atoms. The van der Waals surface area contributed by atoms with Crippen LogP contribution in [0.4, 0.5) is 18.3 Å². The number of hydrogen-bond acceptors (Lipinski definition) is 6. The molecule has 3 aromatic rings. The van der Waals surface area contributed by atoms with E-state index in [9.17, 15) is 22.8 Å². The van der Waals surface area contributed by atoms with Crippen molar-refractivity contribution in [3.63, 3.8) is 0 Å².